The van der Waals surface area contributed by atoms with Crippen molar-refractivity contribution in [3.8, 4) is 0 Å². The smallest absolute Gasteiger partial charge is 0.253 e. The molecule has 0 aliphatic heterocycles. The van der Waals surface area contributed by atoms with Crippen LogP contribution in [0.4, 0.5) is 8.78 Å². The number of hydrogen-bond acceptors (Lipinski definition) is 1. The lowest BCUT2D eigenvalue weighted by Crippen LogP contribution is -2.27. The Bertz CT molecular complexity index is 60.9. The molecule has 0 fully saturated rings. The zero-order valence-corrected chi connectivity index (χ0v) is 6.13. The quantitative estimate of drug-likeness (QED) is 0.668. The van der Waals surface area contributed by atoms with Gasteiger partial charge in [0.25, 0.3) is 6.43 Å². The maximum atomic E-state index is 11.5. The molecule has 0 heterocycles. The minimum Gasteiger partial charge on any atom is -0.323 e. The van der Waals surface area contributed by atoms with E-state index in [1.54, 1.807) is 0 Å². The van der Waals surface area contributed by atoms with Crippen LogP contribution in [-0.4, -0.2) is 12.5 Å². The number of nitrogens with two attached hydrogens (primary N) is 1. The standard InChI is InChI=1S/C5H11F2N.ClH/c1-2-3-4(8)5(6)7;/h4-5H,2-3,8H2,1H3;1H/t4-;/m0./s1. The minimum atomic E-state index is -2.35. The molecule has 9 heavy (non-hydrogen) atoms. The average Bonchev–Trinajstić information content (AvgIpc) is 1.67. The van der Waals surface area contributed by atoms with Gasteiger partial charge in [-0.1, -0.05) is 13.3 Å². The monoisotopic (exact) mass is 159 g/mol. The third-order valence-electron chi connectivity index (χ3n) is 0.946. The first-order valence-electron chi connectivity index (χ1n) is 2.72. The van der Waals surface area contributed by atoms with Crippen LogP contribution in [0.1, 0.15) is 19.8 Å². The summed E-state index contributed by atoms with van der Waals surface area (Å²) in [5.41, 5.74) is 4.98. The minimum absolute atomic E-state index is 0. The fourth-order valence-corrected chi connectivity index (χ4v) is 0.459. The van der Waals surface area contributed by atoms with Gasteiger partial charge >= 0.3 is 0 Å². The summed E-state index contributed by atoms with van der Waals surface area (Å²) in [6.45, 7) is 1.84. The van der Waals surface area contributed by atoms with E-state index in [1.165, 1.54) is 0 Å². The van der Waals surface area contributed by atoms with Crippen LogP contribution in [0, 0.1) is 0 Å². The molecular weight excluding hydrogens is 148 g/mol. The van der Waals surface area contributed by atoms with Gasteiger partial charge in [-0.2, -0.15) is 0 Å². The molecule has 0 radical (unpaired) electrons. The zero-order chi connectivity index (χ0) is 6.57. The maximum Gasteiger partial charge on any atom is 0.253 e. The highest BCUT2D eigenvalue weighted by atomic mass is 35.5. The number of alkyl halides is 2. The molecule has 0 saturated heterocycles. The Morgan fingerprint density at radius 3 is 2.00 bits per heavy atom. The molecule has 1 nitrogen and oxygen atoms in total. The molecule has 0 aliphatic carbocycles. The third-order valence-corrected chi connectivity index (χ3v) is 0.946. The lowest BCUT2D eigenvalue weighted by Gasteiger charge is -2.06. The molecule has 0 aromatic rings. The van der Waals surface area contributed by atoms with Crippen molar-refractivity contribution in [1.82, 2.24) is 0 Å². The molecule has 58 valence electrons. The van der Waals surface area contributed by atoms with Crippen LogP contribution in [0.3, 0.4) is 0 Å². The summed E-state index contributed by atoms with van der Waals surface area (Å²) in [5.74, 6) is 0. The number of halogens is 3. The normalized spacial score (nSPS) is 13.0. The predicted molar refractivity (Wildman–Crippen MR) is 36.1 cm³/mol. The average molecular weight is 160 g/mol. The third kappa shape index (κ3) is 5.99. The first-order chi connectivity index (χ1) is 3.68. The van der Waals surface area contributed by atoms with Gasteiger partial charge in [-0.05, 0) is 6.42 Å². The Hall–Kier alpha value is 0.110. The molecule has 0 aliphatic rings. The second-order valence-electron chi connectivity index (χ2n) is 1.79. The summed E-state index contributed by atoms with van der Waals surface area (Å²) in [6, 6.07) is -0.917. The van der Waals surface area contributed by atoms with Crippen molar-refractivity contribution < 1.29 is 8.78 Å². The van der Waals surface area contributed by atoms with E-state index in [4.69, 9.17) is 5.73 Å². The molecule has 0 aromatic heterocycles. The second-order valence-corrected chi connectivity index (χ2v) is 1.79. The molecule has 0 saturated carbocycles. The van der Waals surface area contributed by atoms with E-state index in [1.807, 2.05) is 6.92 Å². The highest BCUT2D eigenvalue weighted by molar-refractivity contribution is 5.85. The van der Waals surface area contributed by atoms with Crippen LogP contribution in [-0.2, 0) is 0 Å². The first-order valence-corrected chi connectivity index (χ1v) is 2.72. The van der Waals surface area contributed by atoms with Crippen molar-refractivity contribution in [3.05, 3.63) is 0 Å². The molecule has 2 N–H and O–H groups in total. The highest BCUT2D eigenvalue weighted by Crippen LogP contribution is 2.03. The Kier molecular flexibility index (Phi) is 8.21. The van der Waals surface area contributed by atoms with Gasteiger partial charge in [-0.3, -0.25) is 0 Å². The van der Waals surface area contributed by atoms with Crippen molar-refractivity contribution in [2.75, 3.05) is 0 Å². The van der Waals surface area contributed by atoms with Crippen LogP contribution in [0.2, 0.25) is 0 Å². The molecule has 0 amide bonds. The molecule has 0 spiro atoms. The van der Waals surface area contributed by atoms with E-state index in [0.29, 0.717) is 6.42 Å². The van der Waals surface area contributed by atoms with Crippen molar-refractivity contribution in [1.29, 1.82) is 0 Å². The van der Waals surface area contributed by atoms with Gasteiger partial charge in [0.2, 0.25) is 0 Å². The van der Waals surface area contributed by atoms with E-state index in [9.17, 15) is 8.78 Å². The number of hydrogen-bond donors (Lipinski definition) is 1. The first kappa shape index (κ1) is 11.9. The Morgan fingerprint density at radius 2 is 1.89 bits per heavy atom. The number of rotatable bonds is 3. The van der Waals surface area contributed by atoms with Crippen molar-refractivity contribution in [3.63, 3.8) is 0 Å². The predicted octanol–water partition coefficient (Wildman–Crippen LogP) is 1.80. The summed E-state index contributed by atoms with van der Waals surface area (Å²) in [6.07, 6.45) is -1.21. The van der Waals surface area contributed by atoms with Crippen molar-refractivity contribution >= 4 is 12.4 Å². The van der Waals surface area contributed by atoms with Gasteiger partial charge in [0.1, 0.15) is 0 Å². The molecule has 4 heteroatoms. The SMILES string of the molecule is CCC[C@H](N)C(F)F.Cl. The summed E-state index contributed by atoms with van der Waals surface area (Å²) in [4.78, 5) is 0. The largest absolute Gasteiger partial charge is 0.323 e. The Balaban J connectivity index is 0. The maximum absolute atomic E-state index is 11.5. The van der Waals surface area contributed by atoms with Gasteiger partial charge in [0.15, 0.2) is 0 Å². The van der Waals surface area contributed by atoms with Crippen LogP contribution in [0.15, 0.2) is 0 Å². The van der Waals surface area contributed by atoms with Gasteiger partial charge in [-0.25, -0.2) is 8.78 Å². The van der Waals surface area contributed by atoms with E-state index >= 15 is 0 Å². The van der Waals surface area contributed by atoms with E-state index in [-0.39, 0.29) is 12.4 Å². The molecular formula is C5H12ClF2N. The van der Waals surface area contributed by atoms with Crippen LogP contribution >= 0.6 is 12.4 Å². The van der Waals surface area contributed by atoms with Crippen LogP contribution in [0.5, 0.6) is 0 Å². The van der Waals surface area contributed by atoms with Crippen molar-refractivity contribution in [2.45, 2.75) is 32.2 Å². The Labute approximate surface area is 60.0 Å². The molecule has 0 aromatic carbocycles. The van der Waals surface area contributed by atoms with Gasteiger partial charge < -0.3 is 5.73 Å². The topological polar surface area (TPSA) is 26.0 Å². The lowest BCUT2D eigenvalue weighted by molar-refractivity contribution is 0.112. The molecule has 0 unspecified atom stereocenters. The van der Waals surface area contributed by atoms with E-state index in [2.05, 4.69) is 0 Å². The molecule has 0 rings (SSSR count). The molecule has 0 bridgehead atoms. The summed E-state index contributed by atoms with van der Waals surface area (Å²) in [5, 5.41) is 0. The Morgan fingerprint density at radius 1 is 1.44 bits per heavy atom. The van der Waals surface area contributed by atoms with E-state index in [0.717, 1.165) is 6.42 Å². The summed E-state index contributed by atoms with van der Waals surface area (Å²) < 4.78 is 23.0. The van der Waals surface area contributed by atoms with Crippen LogP contribution < -0.4 is 5.73 Å². The van der Waals surface area contributed by atoms with E-state index < -0.39 is 12.5 Å². The second kappa shape index (κ2) is 6.23. The lowest BCUT2D eigenvalue weighted by atomic mass is 10.2. The molecule has 1 atom stereocenters. The van der Waals surface area contributed by atoms with Gasteiger partial charge in [0, 0.05) is 0 Å². The summed E-state index contributed by atoms with van der Waals surface area (Å²) in [7, 11) is 0. The fourth-order valence-electron chi connectivity index (χ4n) is 0.459. The van der Waals surface area contributed by atoms with Gasteiger partial charge in [-0.15, -0.1) is 12.4 Å². The van der Waals surface area contributed by atoms with Crippen molar-refractivity contribution in [2.24, 2.45) is 5.73 Å². The zero-order valence-electron chi connectivity index (χ0n) is 5.31. The van der Waals surface area contributed by atoms with Crippen LogP contribution in [0.25, 0.3) is 0 Å². The highest BCUT2D eigenvalue weighted by Gasteiger charge is 2.12. The summed E-state index contributed by atoms with van der Waals surface area (Å²) >= 11 is 0. The fraction of sp³-hybridized carbons (Fsp3) is 1.00. The van der Waals surface area contributed by atoms with Gasteiger partial charge in [0.05, 0.1) is 6.04 Å².